The summed E-state index contributed by atoms with van der Waals surface area (Å²) in [4.78, 5) is 12.2. The molecule has 3 aromatic carbocycles. The van der Waals surface area contributed by atoms with E-state index in [0.29, 0.717) is 12.1 Å². The van der Waals surface area contributed by atoms with E-state index < -0.39 is 0 Å². The van der Waals surface area contributed by atoms with Gasteiger partial charge in [-0.1, -0.05) is 54.6 Å². The van der Waals surface area contributed by atoms with Crippen LogP contribution in [0.25, 0.3) is 11.1 Å². The number of rotatable bonds is 4. The lowest BCUT2D eigenvalue weighted by Crippen LogP contribution is -2.11. The number of benzene rings is 3. The number of nitrogens with two attached hydrogens (primary N) is 1. The second-order valence-electron chi connectivity index (χ2n) is 5.30. The highest BCUT2D eigenvalue weighted by Gasteiger charge is 2.06. The molecule has 0 aliphatic heterocycles. The van der Waals surface area contributed by atoms with Crippen LogP contribution in [0.2, 0.25) is 0 Å². The number of carbonyl (C=O) groups excluding carboxylic acids is 1. The van der Waals surface area contributed by atoms with Crippen molar-refractivity contribution in [2.24, 2.45) is 5.73 Å². The van der Waals surface area contributed by atoms with E-state index in [1.54, 1.807) is 0 Å². The maximum atomic E-state index is 12.2. The van der Waals surface area contributed by atoms with E-state index in [1.807, 2.05) is 78.9 Å². The molecule has 3 aromatic rings. The molecule has 0 fully saturated rings. The van der Waals surface area contributed by atoms with Crippen molar-refractivity contribution in [2.45, 2.75) is 6.54 Å². The topological polar surface area (TPSA) is 55.1 Å². The summed E-state index contributed by atoms with van der Waals surface area (Å²) in [5, 5.41) is 2.88. The Hall–Kier alpha value is -2.91. The zero-order valence-electron chi connectivity index (χ0n) is 12.7. The number of nitrogens with one attached hydrogen (secondary N) is 1. The first-order valence-electron chi connectivity index (χ1n) is 7.52. The van der Waals surface area contributed by atoms with Crippen LogP contribution in [0.15, 0.2) is 78.9 Å². The molecule has 0 aromatic heterocycles. The number of para-hydroxylation sites is 1. The molecule has 3 nitrogen and oxygen atoms in total. The fraction of sp³-hybridized carbons (Fsp3) is 0.0500. The van der Waals surface area contributed by atoms with Crippen LogP contribution in [0.5, 0.6) is 0 Å². The smallest absolute Gasteiger partial charge is 0.255 e. The van der Waals surface area contributed by atoms with Crippen molar-refractivity contribution in [1.82, 2.24) is 0 Å². The summed E-state index contributed by atoms with van der Waals surface area (Å²) in [6.45, 7) is 0.541. The van der Waals surface area contributed by atoms with Gasteiger partial charge in [0.2, 0.25) is 0 Å². The highest BCUT2D eigenvalue weighted by atomic mass is 16.1. The molecule has 0 bridgehead atoms. The van der Waals surface area contributed by atoms with E-state index in [0.717, 1.165) is 22.4 Å². The van der Waals surface area contributed by atoms with Gasteiger partial charge in [0.25, 0.3) is 5.91 Å². The molecule has 23 heavy (non-hydrogen) atoms. The lowest BCUT2D eigenvalue weighted by molar-refractivity contribution is 0.102. The van der Waals surface area contributed by atoms with Gasteiger partial charge in [-0.25, -0.2) is 0 Å². The van der Waals surface area contributed by atoms with Crippen molar-refractivity contribution >= 4 is 11.6 Å². The monoisotopic (exact) mass is 302 g/mol. The SMILES string of the molecule is NCc1ccc(-c2ccc(C(=O)Nc3ccccc3)cc2)cc1. The second kappa shape index (κ2) is 6.90. The molecule has 0 radical (unpaired) electrons. The first kappa shape index (κ1) is 15.0. The maximum Gasteiger partial charge on any atom is 0.255 e. The summed E-state index contributed by atoms with van der Waals surface area (Å²) in [5.74, 6) is -0.110. The van der Waals surface area contributed by atoms with Gasteiger partial charge in [-0.05, 0) is 41.0 Å². The minimum atomic E-state index is -0.110. The van der Waals surface area contributed by atoms with Crippen LogP contribution < -0.4 is 11.1 Å². The van der Waals surface area contributed by atoms with Crippen LogP contribution in [0, 0.1) is 0 Å². The first-order valence-corrected chi connectivity index (χ1v) is 7.52. The summed E-state index contributed by atoms with van der Waals surface area (Å²) in [6.07, 6.45) is 0. The lowest BCUT2D eigenvalue weighted by Gasteiger charge is -2.07. The van der Waals surface area contributed by atoms with Crippen molar-refractivity contribution in [3.63, 3.8) is 0 Å². The molecule has 0 unspecified atom stereocenters. The van der Waals surface area contributed by atoms with Gasteiger partial charge in [-0.15, -0.1) is 0 Å². The Morgan fingerprint density at radius 2 is 1.35 bits per heavy atom. The summed E-state index contributed by atoms with van der Waals surface area (Å²) in [5.41, 5.74) is 10.3. The average molecular weight is 302 g/mol. The van der Waals surface area contributed by atoms with E-state index in [4.69, 9.17) is 5.73 Å². The predicted molar refractivity (Wildman–Crippen MR) is 94.2 cm³/mol. The molecule has 0 saturated heterocycles. The quantitative estimate of drug-likeness (QED) is 0.763. The van der Waals surface area contributed by atoms with Gasteiger partial charge < -0.3 is 11.1 Å². The Morgan fingerprint density at radius 1 is 0.783 bits per heavy atom. The van der Waals surface area contributed by atoms with Crippen molar-refractivity contribution < 1.29 is 4.79 Å². The Balaban J connectivity index is 1.74. The fourth-order valence-electron chi connectivity index (χ4n) is 2.37. The van der Waals surface area contributed by atoms with Crippen LogP contribution in [-0.2, 0) is 6.54 Å². The molecule has 0 saturated carbocycles. The van der Waals surface area contributed by atoms with Crippen LogP contribution in [-0.4, -0.2) is 5.91 Å². The van der Waals surface area contributed by atoms with E-state index in [-0.39, 0.29) is 5.91 Å². The summed E-state index contributed by atoms with van der Waals surface area (Å²) >= 11 is 0. The van der Waals surface area contributed by atoms with E-state index in [1.165, 1.54) is 0 Å². The molecule has 3 N–H and O–H groups in total. The van der Waals surface area contributed by atoms with Gasteiger partial charge in [0.05, 0.1) is 0 Å². The number of hydrogen-bond acceptors (Lipinski definition) is 2. The summed E-state index contributed by atoms with van der Waals surface area (Å²) in [6, 6.07) is 25.1. The van der Waals surface area contributed by atoms with E-state index >= 15 is 0 Å². The van der Waals surface area contributed by atoms with Crippen LogP contribution in [0.4, 0.5) is 5.69 Å². The largest absolute Gasteiger partial charge is 0.326 e. The van der Waals surface area contributed by atoms with Gasteiger partial charge in [-0.3, -0.25) is 4.79 Å². The molecule has 0 atom stereocenters. The Kier molecular flexibility index (Phi) is 4.50. The van der Waals surface area contributed by atoms with Gasteiger partial charge >= 0.3 is 0 Å². The highest BCUT2D eigenvalue weighted by molar-refractivity contribution is 6.04. The highest BCUT2D eigenvalue weighted by Crippen LogP contribution is 2.21. The summed E-state index contributed by atoms with van der Waals surface area (Å²) < 4.78 is 0. The van der Waals surface area contributed by atoms with Crippen LogP contribution in [0.1, 0.15) is 15.9 Å². The molecule has 3 heteroatoms. The van der Waals surface area contributed by atoms with Crippen LogP contribution in [0.3, 0.4) is 0 Å². The zero-order valence-corrected chi connectivity index (χ0v) is 12.7. The zero-order chi connectivity index (χ0) is 16.1. The molecule has 0 aliphatic rings. The van der Waals surface area contributed by atoms with E-state index in [2.05, 4.69) is 5.32 Å². The lowest BCUT2D eigenvalue weighted by atomic mass is 10.0. The number of hydrogen-bond donors (Lipinski definition) is 2. The molecular weight excluding hydrogens is 284 g/mol. The average Bonchev–Trinajstić information content (AvgIpc) is 2.63. The summed E-state index contributed by atoms with van der Waals surface area (Å²) in [7, 11) is 0. The minimum Gasteiger partial charge on any atom is -0.326 e. The molecule has 1 amide bonds. The normalized spacial score (nSPS) is 10.3. The van der Waals surface area contributed by atoms with Crippen molar-refractivity contribution in [3.05, 3.63) is 90.0 Å². The molecule has 114 valence electrons. The van der Waals surface area contributed by atoms with E-state index in [9.17, 15) is 4.79 Å². The first-order chi connectivity index (χ1) is 11.3. The minimum absolute atomic E-state index is 0.110. The fourth-order valence-corrected chi connectivity index (χ4v) is 2.37. The van der Waals surface area contributed by atoms with Crippen molar-refractivity contribution in [2.75, 3.05) is 5.32 Å². The Labute approximate surface area is 135 Å². The molecule has 0 heterocycles. The standard InChI is InChI=1S/C20H18N2O/c21-14-15-6-8-16(9-7-15)17-10-12-18(13-11-17)20(23)22-19-4-2-1-3-5-19/h1-13H,14,21H2,(H,22,23). The van der Waals surface area contributed by atoms with Gasteiger partial charge in [-0.2, -0.15) is 0 Å². The number of carbonyl (C=O) groups is 1. The maximum absolute atomic E-state index is 12.2. The number of anilines is 1. The third-order valence-corrected chi connectivity index (χ3v) is 3.70. The van der Waals surface area contributed by atoms with Gasteiger partial charge in [0.1, 0.15) is 0 Å². The third kappa shape index (κ3) is 3.65. The van der Waals surface area contributed by atoms with Gasteiger partial charge in [0, 0.05) is 17.8 Å². The Bertz CT molecular complexity index is 778. The van der Waals surface area contributed by atoms with Crippen molar-refractivity contribution in [1.29, 1.82) is 0 Å². The number of amides is 1. The van der Waals surface area contributed by atoms with Crippen molar-refractivity contribution in [3.8, 4) is 11.1 Å². The molecular formula is C20H18N2O. The molecule has 0 aliphatic carbocycles. The Morgan fingerprint density at radius 3 is 1.91 bits per heavy atom. The van der Waals surface area contributed by atoms with Crippen LogP contribution >= 0.6 is 0 Å². The molecule has 3 rings (SSSR count). The second-order valence-corrected chi connectivity index (χ2v) is 5.30. The van der Waals surface area contributed by atoms with Gasteiger partial charge in [0.15, 0.2) is 0 Å². The predicted octanol–water partition coefficient (Wildman–Crippen LogP) is 4.06. The molecule has 0 spiro atoms. The third-order valence-electron chi connectivity index (χ3n) is 3.70.